The second-order valence-electron chi connectivity index (χ2n) is 10.0. The molecule has 2 nitrogen and oxygen atoms in total. The van der Waals surface area contributed by atoms with Gasteiger partial charge in [0.05, 0.1) is 12.7 Å². The van der Waals surface area contributed by atoms with Gasteiger partial charge in [0, 0.05) is 13.1 Å². The summed E-state index contributed by atoms with van der Waals surface area (Å²) in [7, 11) is 2.16. The lowest BCUT2D eigenvalue weighted by Gasteiger charge is -2.38. The molecule has 166 valence electrons. The SMILES string of the molecule is COc1cc2c(cc1C#C[Si](C(C)C)(C(C)C)C(C)C)-c1ccccc1CCN(C)C2. The third-order valence-electron chi connectivity index (χ3n) is 7.22. The van der Waals surface area contributed by atoms with Crippen LogP contribution >= 0.6 is 0 Å². The van der Waals surface area contributed by atoms with Crippen LogP contribution in [-0.4, -0.2) is 33.7 Å². The fourth-order valence-electron chi connectivity index (χ4n) is 5.56. The van der Waals surface area contributed by atoms with E-state index in [4.69, 9.17) is 4.74 Å². The molecular formula is C28H39NOSi. The minimum Gasteiger partial charge on any atom is -0.495 e. The van der Waals surface area contributed by atoms with Crippen LogP contribution in [0.5, 0.6) is 5.75 Å². The molecule has 31 heavy (non-hydrogen) atoms. The van der Waals surface area contributed by atoms with Crippen molar-refractivity contribution in [3.63, 3.8) is 0 Å². The summed E-state index contributed by atoms with van der Waals surface area (Å²) >= 11 is 0. The fourth-order valence-corrected chi connectivity index (χ4v) is 10.8. The molecule has 0 unspecified atom stereocenters. The van der Waals surface area contributed by atoms with Gasteiger partial charge in [-0.25, -0.2) is 0 Å². The summed E-state index contributed by atoms with van der Waals surface area (Å²) in [6, 6.07) is 13.3. The summed E-state index contributed by atoms with van der Waals surface area (Å²) in [4.78, 5) is 2.40. The van der Waals surface area contributed by atoms with E-state index in [2.05, 4.69) is 101 Å². The predicted molar refractivity (Wildman–Crippen MR) is 136 cm³/mol. The van der Waals surface area contributed by atoms with Gasteiger partial charge in [-0.1, -0.05) is 71.7 Å². The van der Waals surface area contributed by atoms with Gasteiger partial charge in [0.25, 0.3) is 0 Å². The second kappa shape index (κ2) is 9.63. The number of nitrogens with zero attached hydrogens (tertiary/aromatic N) is 1. The van der Waals surface area contributed by atoms with Gasteiger partial charge in [-0.3, -0.25) is 0 Å². The highest BCUT2D eigenvalue weighted by Crippen LogP contribution is 2.41. The monoisotopic (exact) mass is 433 g/mol. The van der Waals surface area contributed by atoms with Gasteiger partial charge in [0.1, 0.15) is 13.8 Å². The molecule has 1 aliphatic heterocycles. The Kier molecular flexibility index (Phi) is 7.34. The summed E-state index contributed by atoms with van der Waals surface area (Å²) in [5.41, 5.74) is 12.1. The molecule has 3 heteroatoms. The van der Waals surface area contributed by atoms with Crippen LogP contribution in [0.3, 0.4) is 0 Å². The van der Waals surface area contributed by atoms with Gasteiger partial charge >= 0.3 is 0 Å². The van der Waals surface area contributed by atoms with Crippen LogP contribution in [0.25, 0.3) is 11.1 Å². The molecule has 0 amide bonds. The largest absolute Gasteiger partial charge is 0.495 e. The van der Waals surface area contributed by atoms with Crippen LogP contribution in [0.2, 0.25) is 16.6 Å². The maximum atomic E-state index is 5.85. The van der Waals surface area contributed by atoms with Gasteiger partial charge < -0.3 is 9.64 Å². The molecule has 2 aromatic rings. The number of likely N-dealkylation sites (N-methyl/N-ethyl adjacent to an activating group) is 1. The summed E-state index contributed by atoms with van der Waals surface area (Å²) in [5.74, 6) is 4.55. The van der Waals surface area contributed by atoms with Gasteiger partial charge in [0.15, 0.2) is 0 Å². The van der Waals surface area contributed by atoms with Crippen molar-refractivity contribution in [2.45, 2.75) is 71.1 Å². The molecule has 0 fully saturated rings. The highest BCUT2D eigenvalue weighted by Gasteiger charge is 2.41. The minimum atomic E-state index is -1.81. The first-order valence-electron chi connectivity index (χ1n) is 11.7. The van der Waals surface area contributed by atoms with Crippen LogP contribution in [0.15, 0.2) is 36.4 Å². The van der Waals surface area contributed by atoms with E-state index in [0.29, 0.717) is 16.6 Å². The molecule has 0 spiro atoms. The Hall–Kier alpha value is -2.02. The molecule has 0 radical (unpaired) electrons. The van der Waals surface area contributed by atoms with Crippen molar-refractivity contribution in [2.24, 2.45) is 0 Å². The van der Waals surface area contributed by atoms with Crippen LogP contribution in [0.1, 0.15) is 58.2 Å². The number of methoxy groups -OCH3 is 1. The van der Waals surface area contributed by atoms with Crippen molar-refractivity contribution in [2.75, 3.05) is 20.7 Å². The van der Waals surface area contributed by atoms with Crippen molar-refractivity contribution < 1.29 is 4.74 Å². The summed E-state index contributed by atoms with van der Waals surface area (Å²) in [5, 5.41) is 0. The molecule has 0 saturated carbocycles. The van der Waals surface area contributed by atoms with E-state index < -0.39 is 8.07 Å². The fraction of sp³-hybridized carbons (Fsp3) is 0.500. The number of ether oxygens (including phenoxy) is 1. The summed E-state index contributed by atoms with van der Waals surface area (Å²) in [6.45, 7) is 16.2. The average molecular weight is 434 g/mol. The third kappa shape index (κ3) is 4.61. The lowest BCUT2D eigenvalue weighted by Crippen LogP contribution is -2.43. The second-order valence-corrected chi connectivity index (χ2v) is 15.6. The molecule has 1 aliphatic rings. The average Bonchev–Trinajstić information content (AvgIpc) is 2.71. The van der Waals surface area contributed by atoms with Crippen molar-refractivity contribution in [3.05, 3.63) is 53.1 Å². The Balaban J connectivity index is 2.22. The highest BCUT2D eigenvalue weighted by atomic mass is 28.3. The quantitative estimate of drug-likeness (QED) is 0.383. The Labute approximate surface area is 191 Å². The Morgan fingerprint density at radius 1 is 0.903 bits per heavy atom. The van der Waals surface area contributed by atoms with Gasteiger partial charge in [-0.2, -0.15) is 0 Å². The molecule has 1 heterocycles. The first-order valence-corrected chi connectivity index (χ1v) is 13.9. The van der Waals surface area contributed by atoms with E-state index >= 15 is 0 Å². The predicted octanol–water partition coefficient (Wildman–Crippen LogP) is 6.92. The van der Waals surface area contributed by atoms with Crippen molar-refractivity contribution >= 4 is 8.07 Å². The first-order chi connectivity index (χ1) is 14.7. The standard InChI is InChI=1S/C28H39NOSi/c1-20(2)31(21(3)4,22(5)6)16-14-24-17-27-25(18-28(24)30-8)19-29(7)15-13-23-11-9-10-12-26(23)27/h9-12,17-18,20-22H,13,15,19H2,1-8H3. The normalized spacial score (nSPS) is 14.5. The van der Waals surface area contributed by atoms with E-state index in [1.54, 1.807) is 7.11 Å². The summed E-state index contributed by atoms with van der Waals surface area (Å²) < 4.78 is 5.85. The van der Waals surface area contributed by atoms with E-state index in [-0.39, 0.29) is 0 Å². The lowest BCUT2D eigenvalue weighted by atomic mass is 9.90. The summed E-state index contributed by atoms with van der Waals surface area (Å²) in [6.07, 6.45) is 1.07. The zero-order chi connectivity index (χ0) is 22.8. The third-order valence-corrected chi connectivity index (χ3v) is 13.5. The molecule has 2 aromatic carbocycles. The topological polar surface area (TPSA) is 12.5 Å². The molecule has 0 aromatic heterocycles. The maximum absolute atomic E-state index is 5.85. The Morgan fingerprint density at radius 3 is 2.16 bits per heavy atom. The van der Waals surface area contributed by atoms with E-state index in [9.17, 15) is 0 Å². The highest BCUT2D eigenvalue weighted by molar-refractivity contribution is 6.90. The molecule has 0 aliphatic carbocycles. The van der Waals surface area contributed by atoms with Gasteiger partial charge in [-0.05, 0) is 64.5 Å². The van der Waals surface area contributed by atoms with Gasteiger partial charge in [-0.15, -0.1) is 5.54 Å². The maximum Gasteiger partial charge on any atom is 0.146 e. The zero-order valence-corrected chi connectivity index (χ0v) is 21.7. The number of rotatable bonds is 4. The zero-order valence-electron chi connectivity index (χ0n) is 20.7. The van der Waals surface area contributed by atoms with E-state index in [1.165, 1.54) is 22.3 Å². The smallest absolute Gasteiger partial charge is 0.146 e. The van der Waals surface area contributed by atoms with Crippen molar-refractivity contribution in [1.82, 2.24) is 4.90 Å². The van der Waals surface area contributed by atoms with Crippen molar-refractivity contribution in [1.29, 1.82) is 0 Å². The molecule has 3 rings (SSSR count). The number of hydrogen-bond donors (Lipinski definition) is 0. The Morgan fingerprint density at radius 2 is 1.55 bits per heavy atom. The van der Waals surface area contributed by atoms with Crippen LogP contribution < -0.4 is 4.74 Å². The number of hydrogen-bond acceptors (Lipinski definition) is 2. The van der Waals surface area contributed by atoms with Crippen molar-refractivity contribution in [3.8, 4) is 28.3 Å². The van der Waals surface area contributed by atoms with E-state index in [0.717, 1.165) is 30.8 Å². The number of fused-ring (bicyclic) bond motifs is 3. The number of benzene rings is 2. The minimum absolute atomic E-state index is 0.615. The van der Waals surface area contributed by atoms with Crippen LogP contribution in [0.4, 0.5) is 0 Å². The first kappa shape index (κ1) is 23.6. The molecule has 0 saturated heterocycles. The molecular weight excluding hydrogens is 394 g/mol. The molecule has 0 atom stereocenters. The van der Waals surface area contributed by atoms with E-state index in [1.807, 2.05) is 0 Å². The molecule has 0 bridgehead atoms. The van der Waals surface area contributed by atoms with Crippen LogP contribution in [-0.2, 0) is 13.0 Å². The lowest BCUT2D eigenvalue weighted by molar-refractivity contribution is 0.329. The van der Waals surface area contributed by atoms with Crippen LogP contribution in [0, 0.1) is 11.5 Å². The van der Waals surface area contributed by atoms with Gasteiger partial charge in [0.2, 0.25) is 0 Å². The Bertz CT molecular complexity index is 958. The molecule has 0 N–H and O–H groups in total.